The Morgan fingerprint density at radius 1 is 1.00 bits per heavy atom. The molecule has 0 saturated carbocycles. The molecular weight excluding hydrogens is 444 g/mol. The summed E-state index contributed by atoms with van der Waals surface area (Å²) in [4.78, 5) is 31.6. The molecule has 34 heavy (non-hydrogen) atoms. The summed E-state index contributed by atoms with van der Waals surface area (Å²) in [5.74, 6) is 0.356. The van der Waals surface area contributed by atoms with Crippen molar-refractivity contribution in [1.82, 2.24) is 4.57 Å². The Labute approximate surface area is 203 Å². The SMILES string of the molecule is COC(=O)C1=C(C)N=c2s/c(=C/c3ccc(C(C)C)cc3)c(=O)n2[C@@H]1c1ccc(C(C)C)cc1. The lowest BCUT2D eigenvalue weighted by molar-refractivity contribution is -0.136. The molecule has 0 N–H and O–H groups in total. The van der Waals surface area contributed by atoms with Crippen LogP contribution in [0, 0.1) is 0 Å². The van der Waals surface area contributed by atoms with Gasteiger partial charge in [-0.05, 0) is 47.1 Å². The van der Waals surface area contributed by atoms with E-state index in [9.17, 15) is 9.59 Å². The molecule has 176 valence electrons. The molecule has 0 saturated heterocycles. The summed E-state index contributed by atoms with van der Waals surface area (Å²) < 4.78 is 7.29. The van der Waals surface area contributed by atoms with Crippen molar-refractivity contribution in [3.63, 3.8) is 0 Å². The fourth-order valence-corrected chi connectivity index (χ4v) is 5.25. The summed E-state index contributed by atoms with van der Waals surface area (Å²) in [5, 5.41) is 0. The number of thiazole rings is 1. The van der Waals surface area contributed by atoms with Gasteiger partial charge in [0.2, 0.25) is 0 Å². The highest BCUT2D eigenvalue weighted by Crippen LogP contribution is 2.31. The number of allylic oxidation sites excluding steroid dienone is 1. The molecule has 0 bridgehead atoms. The Bertz CT molecular complexity index is 1420. The number of methoxy groups -OCH3 is 1. The maximum atomic E-state index is 13.6. The molecular formula is C28H30N2O3S. The van der Waals surface area contributed by atoms with Gasteiger partial charge in [0.25, 0.3) is 5.56 Å². The minimum Gasteiger partial charge on any atom is -0.466 e. The third-order valence-electron chi connectivity index (χ3n) is 6.25. The quantitative estimate of drug-likeness (QED) is 0.506. The summed E-state index contributed by atoms with van der Waals surface area (Å²) >= 11 is 1.34. The number of fused-ring (bicyclic) bond motifs is 1. The minimum atomic E-state index is -0.588. The number of hydrogen-bond acceptors (Lipinski definition) is 5. The number of esters is 1. The third-order valence-corrected chi connectivity index (χ3v) is 7.23. The Hall–Kier alpha value is -3.25. The average molecular weight is 475 g/mol. The van der Waals surface area contributed by atoms with Gasteiger partial charge in [-0.25, -0.2) is 9.79 Å². The topological polar surface area (TPSA) is 60.7 Å². The highest BCUT2D eigenvalue weighted by atomic mass is 32.1. The summed E-state index contributed by atoms with van der Waals surface area (Å²) in [7, 11) is 1.35. The average Bonchev–Trinajstić information content (AvgIpc) is 3.12. The van der Waals surface area contributed by atoms with Crippen LogP contribution in [0.2, 0.25) is 0 Å². The Balaban J connectivity index is 1.89. The van der Waals surface area contributed by atoms with Crippen LogP contribution in [0.1, 0.15) is 74.8 Å². The van der Waals surface area contributed by atoms with E-state index in [1.165, 1.54) is 29.6 Å². The van der Waals surface area contributed by atoms with Crippen LogP contribution in [-0.4, -0.2) is 17.6 Å². The minimum absolute atomic E-state index is 0.163. The summed E-state index contributed by atoms with van der Waals surface area (Å²) in [6.45, 7) is 10.4. The van der Waals surface area contributed by atoms with Gasteiger partial charge < -0.3 is 4.74 Å². The molecule has 6 heteroatoms. The summed E-state index contributed by atoms with van der Waals surface area (Å²) in [5.41, 5.74) is 5.05. The number of carbonyl (C=O) groups excluding carboxylic acids is 1. The first-order valence-electron chi connectivity index (χ1n) is 11.5. The van der Waals surface area contributed by atoms with Crippen molar-refractivity contribution in [3.8, 4) is 0 Å². The molecule has 5 nitrogen and oxygen atoms in total. The van der Waals surface area contributed by atoms with E-state index < -0.39 is 12.0 Å². The van der Waals surface area contributed by atoms with Crippen LogP contribution < -0.4 is 14.9 Å². The standard InChI is InChI=1S/C28H30N2O3S/c1-16(2)20-9-7-19(8-10-20)15-23-26(31)30-25(22-13-11-21(12-14-22)17(3)4)24(27(32)33-6)18(5)29-28(30)34-23/h7-17,25H,1-6H3/b23-15+/t25-/m1/s1. The van der Waals surface area contributed by atoms with Crippen molar-refractivity contribution in [3.05, 3.63) is 102 Å². The Morgan fingerprint density at radius 3 is 2.09 bits per heavy atom. The van der Waals surface area contributed by atoms with Crippen LogP contribution in [0.25, 0.3) is 6.08 Å². The number of hydrogen-bond donors (Lipinski definition) is 0. The number of aromatic nitrogens is 1. The second-order valence-electron chi connectivity index (χ2n) is 9.22. The van der Waals surface area contributed by atoms with Crippen LogP contribution >= 0.6 is 11.3 Å². The van der Waals surface area contributed by atoms with Gasteiger partial charge in [-0.3, -0.25) is 9.36 Å². The van der Waals surface area contributed by atoms with E-state index in [-0.39, 0.29) is 5.56 Å². The molecule has 0 aliphatic carbocycles. The first-order chi connectivity index (χ1) is 16.2. The molecule has 1 aliphatic heterocycles. The van der Waals surface area contributed by atoms with Crippen LogP contribution in [-0.2, 0) is 9.53 Å². The maximum Gasteiger partial charge on any atom is 0.338 e. The van der Waals surface area contributed by atoms with Gasteiger partial charge in [-0.15, -0.1) is 0 Å². The molecule has 0 spiro atoms. The van der Waals surface area contributed by atoms with Crippen molar-refractivity contribution >= 4 is 23.4 Å². The van der Waals surface area contributed by atoms with Gasteiger partial charge >= 0.3 is 5.97 Å². The van der Waals surface area contributed by atoms with E-state index in [1.807, 2.05) is 30.3 Å². The second-order valence-corrected chi connectivity index (χ2v) is 10.2. The van der Waals surface area contributed by atoms with Gasteiger partial charge in [-0.2, -0.15) is 0 Å². The number of nitrogens with zero attached hydrogens (tertiary/aromatic N) is 2. The highest BCUT2D eigenvalue weighted by molar-refractivity contribution is 7.07. The van der Waals surface area contributed by atoms with E-state index in [2.05, 4.69) is 57.0 Å². The van der Waals surface area contributed by atoms with E-state index in [4.69, 9.17) is 4.74 Å². The molecule has 0 radical (unpaired) electrons. The van der Waals surface area contributed by atoms with Gasteiger partial charge in [-0.1, -0.05) is 87.6 Å². The first kappa shape index (κ1) is 23.9. The second kappa shape index (κ2) is 9.55. The normalized spacial score (nSPS) is 16.1. The fourth-order valence-electron chi connectivity index (χ4n) is 4.20. The third kappa shape index (κ3) is 4.42. The summed E-state index contributed by atoms with van der Waals surface area (Å²) in [6, 6.07) is 15.7. The van der Waals surface area contributed by atoms with E-state index in [1.54, 1.807) is 11.5 Å². The zero-order chi connectivity index (χ0) is 24.6. The predicted molar refractivity (Wildman–Crippen MR) is 137 cm³/mol. The lowest BCUT2D eigenvalue weighted by atomic mass is 9.93. The van der Waals surface area contributed by atoms with Crippen molar-refractivity contribution < 1.29 is 9.53 Å². The largest absolute Gasteiger partial charge is 0.466 e. The summed E-state index contributed by atoms with van der Waals surface area (Å²) in [6.07, 6.45) is 1.89. The van der Waals surface area contributed by atoms with Gasteiger partial charge in [0.05, 0.1) is 29.0 Å². The number of rotatable bonds is 5. The molecule has 3 aromatic rings. The maximum absolute atomic E-state index is 13.6. The van der Waals surface area contributed by atoms with Gasteiger partial charge in [0.1, 0.15) is 0 Å². The molecule has 0 unspecified atom stereocenters. The predicted octanol–water partition coefficient (Wildman–Crippen LogP) is 4.66. The van der Waals surface area contributed by atoms with Crippen molar-refractivity contribution in [2.45, 2.75) is 52.5 Å². The van der Waals surface area contributed by atoms with Gasteiger partial charge in [0.15, 0.2) is 4.80 Å². The zero-order valence-electron chi connectivity index (χ0n) is 20.5. The molecule has 1 aromatic heterocycles. The van der Waals surface area contributed by atoms with Crippen molar-refractivity contribution in [1.29, 1.82) is 0 Å². The molecule has 2 heterocycles. The molecule has 4 rings (SSSR count). The number of carbonyl (C=O) groups is 1. The zero-order valence-corrected chi connectivity index (χ0v) is 21.3. The number of benzene rings is 2. The molecule has 0 fully saturated rings. The van der Waals surface area contributed by atoms with E-state index >= 15 is 0 Å². The first-order valence-corrected chi connectivity index (χ1v) is 12.3. The fraction of sp³-hybridized carbons (Fsp3) is 0.321. The van der Waals surface area contributed by atoms with E-state index in [0.29, 0.717) is 32.4 Å². The lowest BCUT2D eigenvalue weighted by Gasteiger charge is -2.24. The van der Waals surface area contributed by atoms with Crippen LogP contribution in [0.15, 0.2) is 69.6 Å². The molecule has 0 amide bonds. The molecule has 1 atom stereocenters. The van der Waals surface area contributed by atoms with E-state index in [0.717, 1.165) is 11.1 Å². The Morgan fingerprint density at radius 2 is 1.56 bits per heavy atom. The van der Waals surface area contributed by atoms with Crippen LogP contribution in [0.5, 0.6) is 0 Å². The number of ether oxygens (including phenoxy) is 1. The van der Waals surface area contributed by atoms with Crippen molar-refractivity contribution in [2.75, 3.05) is 7.11 Å². The smallest absolute Gasteiger partial charge is 0.338 e. The van der Waals surface area contributed by atoms with Crippen LogP contribution in [0.3, 0.4) is 0 Å². The Kier molecular flexibility index (Phi) is 6.71. The lowest BCUT2D eigenvalue weighted by Crippen LogP contribution is -2.39. The molecule has 1 aliphatic rings. The van der Waals surface area contributed by atoms with Crippen molar-refractivity contribution in [2.24, 2.45) is 4.99 Å². The van der Waals surface area contributed by atoms with Gasteiger partial charge in [0, 0.05) is 0 Å². The molecule has 2 aromatic carbocycles. The highest BCUT2D eigenvalue weighted by Gasteiger charge is 2.33. The monoisotopic (exact) mass is 474 g/mol. The van der Waals surface area contributed by atoms with Crippen LogP contribution in [0.4, 0.5) is 0 Å².